The van der Waals surface area contributed by atoms with Crippen molar-refractivity contribution in [3.05, 3.63) is 23.8 Å². The first-order chi connectivity index (χ1) is 10.9. The summed E-state index contributed by atoms with van der Waals surface area (Å²) in [5.74, 6) is 0.761. The average molecular weight is 340 g/mol. The number of hydrogen-bond acceptors (Lipinski definition) is 4. The average Bonchev–Trinajstić information content (AvgIpc) is 3.03. The molecule has 0 aromatic heterocycles. The number of amides is 1. The van der Waals surface area contributed by atoms with Gasteiger partial charge in [0.2, 0.25) is 10.0 Å². The number of sulfonamides is 1. The van der Waals surface area contributed by atoms with Crippen molar-refractivity contribution in [3.63, 3.8) is 0 Å². The fourth-order valence-electron chi connectivity index (χ4n) is 3.03. The molecule has 1 aliphatic rings. The van der Waals surface area contributed by atoms with Gasteiger partial charge in [-0.15, -0.1) is 0 Å². The van der Waals surface area contributed by atoms with Crippen molar-refractivity contribution in [3.8, 4) is 5.75 Å². The molecule has 0 aliphatic heterocycles. The molecular weight excluding hydrogens is 316 g/mol. The van der Waals surface area contributed by atoms with E-state index in [1.54, 1.807) is 0 Å². The molecule has 6 nitrogen and oxygen atoms in total. The normalized spacial score (nSPS) is 15.6. The summed E-state index contributed by atoms with van der Waals surface area (Å²) in [7, 11) is -2.42. The molecule has 0 radical (unpaired) electrons. The van der Waals surface area contributed by atoms with E-state index in [2.05, 4.69) is 5.32 Å². The highest BCUT2D eigenvalue weighted by Crippen LogP contribution is 2.28. The van der Waals surface area contributed by atoms with Gasteiger partial charge in [-0.3, -0.25) is 4.79 Å². The number of hydrogen-bond donors (Lipinski definition) is 2. The monoisotopic (exact) mass is 340 g/mol. The topological polar surface area (TPSA) is 98.5 Å². The molecule has 1 amide bonds. The molecule has 23 heavy (non-hydrogen) atoms. The van der Waals surface area contributed by atoms with Crippen molar-refractivity contribution >= 4 is 15.9 Å². The second-order valence-electron chi connectivity index (χ2n) is 5.96. The highest BCUT2D eigenvalue weighted by atomic mass is 32.2. The van der Waals surface area contributed by atoms with Crippen LogP contribution in [0.4, 0.5) is 0 Å². The second-order valence-corrected chi connectivity index (χ2v) is 7.52. The number of benzene rings is 1. The van der Waals surface area contributed by atoms with Gasteiger partial charge in [-0.05, 0) is 37.0 Å². The van der Waals surface area contributed by atoms with Crippen LogP contribution in [0.5, 0.6) is 5.75 Å². The molecule has 0 spiro atoms. The molecule has 0 heterocycles. The quantitative estimate of drug-likeness (QED) is 0.742. The molecule has 0 unspecified atom stereocenters. The molecule has 128 valence electrons. The first kappa shape index (κ1) is 17.7. The van der Waals surface area contributed by atoms with Crippen LogP contribution in [0.3, 0.4) is 0 Å². The number of carbonyl (C=O) groups excluding carboxylic acids is 1. The summed E-state index contributed by atoms with van der Waals surface area (Å²) in [5.41, 5.74) is 0.180. The molecule has 2 rings (SSSR count). The van der Waals surface area contributed by atoms with Crippen molar-refractivity contribution in [2.45, 2.75) is 43.4 Å². The van der Waals surface area contributed by atoms with Crippen LogP contribution in [0.1, 0.15) is 48.9 Å². The molecule has 3 N–H and O–H groups in total. The summed E-state index contributed by atoms with van der Waals surface area (Å²) in [5, 5.41) is 7.93. The van der Waals surface area contributed by atoms with Crippen LogP contribution < -0.4 is 15.2 Å². The van der Waals surface area contributed by atoms with Crippen LogP contribution in [0.15, 0.2) is 23.1 Å². The van der Waals surface area contributed by atoms with Crippen LogP contribution in [-0.2, 0) is 10.0 Å². The zero-order valence-electron chi connectivity index (χ0n) is 13.4. The molecule has 1 aliphatic carbocycles. The minimum absolute atomic E-state index is 0.102. The summed E-state index contributed by atoms with van der Waals surface area (Å²) >= 11 is 0. The Kier molecular flexibility index (Phi) is 6.01. The maximum absolute atomic E-state index is 12.3. The third-order valence-corrected chi connectivity index (χ3v) is 5.20. The van der Waals surface area contributed by atoms with E-state index in [9.17, 15) is 13.2 Å². The van der Waals surface area contributed by atoms with Crippen molar-refractivity contribution in [1.29, 1.82) is 0 Å². The SMILES string of the molecule is COc1ccc(S(N)(=O)=O)cc1C(=O)NCCCC1CCCC1. The van der Waals surface area contributed by atoms with Crippen LogP contribution in [0.2, 0.25) is 0 Å². The number of nitrogens with two attached hydrogens (primary N) is 1. The highest BCUT2D eigenvalue weighted by Gasteiger charge is 2.18. The molecule has 1 fully saturated rings. The third kappa shape index (κ3) is 4.94. The number of nitrogens with one attached hydrogen (secondary N) is 1. The van der Waals surface area contributed by atoms with Crippen LogP contribution in [0, 0.1) is 5.92 Å². The molecule has 1 aromatic rings. The van der Waals surface area contributed by atoms with Gasteiger partial charge in [0.1, 0.15) is 5.75 Å². The van der Waals surface area contributed by atoms with Crippen molar-refractivity contribution < 1.29 is 17.9 Å². The van der Waals surface area contributed by atoms with Crippen molar-refractivity contribution in [2.24, 2.45) is 11.1 Å². The lowest BCUT2D eigenvalue weighted by Gasteiger charge is -2.12. The van der Waals surface area contributed by atoms with Gasteiger partial charge in [0, 0.05) is 6.54 Å². The molecule has 0 saturated heterocycles. The zero-order chi connectivity index (χ0) is 16.9. The van der Waals surface area contributed by atoms with E-state index in [1.165, 1.54) is 51.0 Å². The van der Waals surface area contributed by atoms with Crippen LogP contribution in [0.25, 0.3) is 0 Å². The fraction of sp³-hybridized carbons (Fsp3) is 0.562. The lowest BCUT2D eigenvalue weighted by atomic mass is 10.0. The van der Waals surface area contributed by atoms with Gasteiger partial charge in [-0.2, -0.15) is 0 Å². The smallest absolute Gasteiger partial charge is 0.255 e. The predicted octanol–water partition coefficient (Wildman–Crippen LogP) is 2.04. The Morgan fingerprint density at radius 2 is 2.04 bits per heavy atom. The molecule has 0 bridgehead atoms. The maximum Gasteiger partial charge on any atom is 0.255 e. The Labute approximate surface area is 137 Å². The molecular formula is C16H24N2O4S. The fourth-order valence-corrected chi connectivity index (χ4v) is 3.57. The maximum atomic E-state index is 12.3. The largest absolute Gasteiger partial charge is 0.496 e. The van der Waals surface area contributed by atoms with Gasteiger partial charge in [0.25, 0.3) is 5.91 Å². The Morgan fingerprint density at radius 1 is 1.35 bits per heavy atom. The van der Waals surface area contributed by atoms with Gasteiger partial charge in [0.15, 0.2) is 0 Å². The van der Waals surface area contributed by atoms with E-state index in [0.717, 1.165) is 18.8 Å². The van der Waals surface area contributed by atoms with E-state index in [0.29, 0.717) is 12.3 Å². The van der Waals surface area contributed by atoms with Crippen LogP contribution >= 0.6 is 0 Å². The number of carbonyl (C=O) groups is 1. The molecule has 0 atom stereocenters. The van der Waals surface area contributed by atoms with Gasteiger partial charge >= 0.3 is 0 Å². The predicted molar refractivity (Wildman–Crippen MR) is 87.9 cm³/mol. The van der Waals surface area contributed by atoms with Gasteiger partial charge < -0.3 is 10.1 Å². The Hall–Kier alpha value is -1.60. The van der Waals surface area contributed by atoms with Crippen molar-refractivity contribution in [1.82, 2.24) is 5.32 Å². The van der Waals surface area contributed by atoms with Gasteiger partial charge in [-0.1, -0.05) is 25.7 Å². The van der Waals surface area contributed by atoms with E-state index < -0.39 is 10.0 Å². The molecule has 1 saturated carbocycles. The summed E-state index contributed by atoms with van der Waals surface area (Å²) in [6, 6.07) is 4.01. The standard InChI is InChI=1S/C16H24N2O4S/c1-22-15-9-8-13(23(17,20)21)11-14(15)16(19)18-10-4-7-12-5-2-3-6-12/h8-9,11-12H,2-7,10H2,1H3,(H,18,19)(H2,17,20,21). The zero-order valence-corrected chi connectivity index (χ0v) is 14.2. The summed E-state index contributed by atoms with van der Waals surface area (Å²) < 4.78 is 28.0. The van der Waals surface area contributed by atoms with Gasteiger partial charge in [0.05, 0.1) is 17.6 Å². The summed E-state index contributed by atoms with van der Waals surface area (Å²) in [6.07, 6.45) is 7.25. The van der Waals surface area contributed by atoms with E-state index in [-0.39, 0.29) is 16.4 Å². The minimum atomic E-state index is -3.86. The lowest BCUT2D eigenvalue weighted by molar-refractivity contribution is 0.0949. The minimum Gasteiger partial charge on any atom is -0.496 e. The number of rotatable bonds is 7. The highest BCUT2D eigenvalue weighted by molar-refractivity contribution is 7.89. The Balaban J connectivity index is 1.96. The Bertz CT molecular complexity index is 652. The van der Waals surface area contributed by atoms with E-state index in [4.69, 9.17) is 9.88 Å². The molecule has 7 heteroatoms. The Morgan fingerprint density at radius 3 is 2.65 bits per heavy atom. The second kappa shape index (κ2) is 7.79. The number of ether oxygens (including phenoxy) is 1. The molecule has 1 aromatic carbocycles. The van der Waals surface area contributed by atoms with Crippen LogP contribution in [-0.4, -0.2) is 28.0 Å². The first-order valence-electron chi connectivity index (χ1n) is 7.91. The summed E-state index contributed by atoms with van der Waals surface area (Å²) in [4.78, 5) is 12.2. The van der Waals surface area contributed by atoms with E-state index >= 15 is 0 Å². The third-order valence-electron chi connectivity index (χ3n) is 4.29. The summed E-state index contributed by atoms with van der Waals surface area (Å²) in [6.45, 7) is 0.568. The number of primary sulfonamides is 1. The lowest BCUT2D eigenvalue weighted by Crippen LogP contribution is -2.25. The first-order valence-corrected chi connectivity index (χ1v) is 9.45. The van der Waals surface area contributed by atoms with Crippen molar-refractivity contribution in [2.75, 3.05) is 13.7 Å². The van der Waals surface area contributed by atoms with E-state index in [1.807, 2.05) is 0 Å². The van der Waals surface area contributed by atoms with Gasteiger partial charge in [-0.25, -0.2) is 13.6 Å². The number of methoxy groups -OCH3 is 1.